The number of ether oxygens (including phenoxy) is 1. The Bertz CT molecular complexity index is 640. The Labute approximate surface area is 167 Å². The summed E-state index contributed by atoms with van der Waals surface area (Å²) in [6.45, 7) is 10.4. The lowest BCUT2D eigenvalue weighted by Gasteiger charge is -2.31. The van der Waals surface area contributed by atoms with Crippen LogP contribution in [0.5, 0.6) is 0 Å². The second-order valence-electron chi connectivity index (χ2n) is 8.29. The van der Waals surface area contributed by atoms with Gasteiger partial charge in [-0.3, -0.25) is 9.59 Å². The van der Waals surface area contributed by atoms with Crippen molar-refractivity contribution in [3.8, 4) is 0 Å². The highest BCUT2D eigenvalue weighted by molar-refractivity contribution is 5.88. The van der Waals surface area contributed by atoms with Gasteiger partial charge in [0.2, 0.25) is 11.8 Å². The highest BCUT2D eigenvalue weighted by Gasteiger charge is 2.29. The number of carbonyl (C=O) groups is 2. The van der Waals surface area contributed by atoms with Crippen molar-refractivity contribution < 1.29 is 18.7 Å². The Morgan fingerprint density at radius 1 is 1.11 bits per heavy atom. The molecule has 0 saturated carbocycles. The smallest absolute Gasteiger partial charge is 0.245 e. The van der Waals surface area contributed by atoms with Crippen molar-refractivity contribution in [2.24, 2.45) is 11.8 Å². The Hall–Kier alpha value is -1.95. The Kier molecular flexibility index (Phi) is 8.42. The molecule has 1 fully saturated rings. The Balaban J connectivity index is 2.06. The van der Waals surface area contributed by atoms with Crippen molar-refractivity contribution in [2.45, 2.75) is 52.5 Å². The molecule has 1 saturated heterocycles. The molecule has 156 valence electrons. The van der Waals surface area contributed by atoms with E-state index in [9.17, 15) is 14.0 Å². The van der Waals surface area contributed by atoms with Gasteiger partial charge in [-0.1, -0.05) is 39.8 Å². The summed E-state index contributed by atoms with van der Waals surface area (Å²) < 4.78 is 18.6. The summed E-state index contributed by atoms with van der Waals surface area (Å²) in [5, 5.41) is 2.97. The van der Waals surface area contributed by atoms with Crippen molar-refractivity contribution in [2.75, 3.05) is 26.3 Å². The number of halogens is 1. The second-order valence-corrected chi connectivity index (χ2v) is 8.29. The van der Waals surface area contributed by atoms with Crippen molar-refractivity contribution in [3.05, 3.63) is 35.6 Å². The van der Waals surface area contributed by atoms with Crippen LogP contribution in [0.2, 0.25) is 0 Å². The molecule has 0 spiro atoms. The van der Waals surface area contributed by atoms with E-state index in [0.717, 1.165) is 5.56 Å². The molecule has 28 heavy (non-hydrogen) atoms. The molecule has 6 heteroatoms. The van der Waals surface area contributed by atoms with Gasteiger partial charge in [-0.05, 0) is 41.9 Å². The van der Waals surface area contributed by atoms with Crippen LogP contribution in [-0.4, -0.2) is 49.1 Å². The number of morpholine rings is 1. The highest BCUT2D eigenvalue weighted by atomic mass is 19.1. The van der Waals surface area contributed by atoms with Gasteiger partial charge in [0.1, 0.15) is 11.9 Å². The SMILES string of the molecule is CC(C)C[C@H](NC(=O)CC(c1ccc(F)cc1)C(C)C)C(=O)N1CCOCC1. The van der Waals surface area contributed by atoms with E-state index in [-0.39, 0.29) is 41.8 Å². The van der Waals surface area contributed by atoms with E-state index < -0.39 is 6.04 Å². The van der Waals surface area contributed by atoms with Crippen molar-refractivity contribution in [1.29, 1.82) is 0 Å². The summed E-state index contributed by atoms with van der Waals surface area (Å²) in [4.78, 5) is 27.5. The van der Waals surface area contributed by atoms with E-state index in [1.807, 2.05) is 27.7 Å². The molecule has 0 bridgehead atoms. The largest absolute Gasteiger partial charge is 0.378 e. The maximum absolute atomic E-state index is 13.2. The van der Waals surface area contributed by atoms with E-state index in [4.69, 9.17) is 4.74 Å². The molecule has 1 aliphatic heterocycles. The number of nitrogens with zero attached hydrogens (tertiary/aromatic N) is 1. The highest BCUT2D eigenvalue weighted by Crippen LogP contribution is 2.28. The minimum Gasteiger partial charge on any atom is -0.378 e. The lowest BCUT2D eigenvalue weighted by molar-refractivity contribution is -0.140. The Morgan fingerprint density at radius 2 is 1.71 bits per heavy atom. The van der Waals surface area contributed by atoms with Crippen LogP contribution in [0, 0.1) is 17.7 Å². The number of rotatable bonds is 8. The maximum atomic E-state index is 13.2. The normalized spacial score (nSPS) is 16.9. The lowest BCUT2D eigenvalue weighted by atomic mass is 9.85. The fourth-order valence-electron chi connectivity index (χ4n) is 3.60. The standard InChI is InChI=1S/C22H33FN2O3/c1-15(2)13-20(22(27)25-9-11-28-12-10-25)24-21(26)14-19(16(3)4)17-5-7-18(23)8-6-17/h5-8,15-16,19-20H,9-14H2,1-4H3,(H,24,26)/t19?,20-/m0/s1. The van der Waals surface area contributed by atoms with Crippen LogP contribution in [0.3, 0.4) is 0 Å². The predicted molar refractivity (Wildman–Crippen MR) is 107 cm³/mol. The van der Waals surface area contributed by atoms with Gasteiger partial charge in [0.05, 0.1) is 13.2 Å². The summed E-state index contributed by atoms with van der Waals surface area (Å²) in [6.07, 6.45) is 0.874. The van der Waals surface area contributed by atoms with Gasteiger partial charge in [0.15, 0.2) is 0 Å². The Morgan fingerprint density at radius 3 is 2.25 bits per heavy atom. The molecule has 0 aliphatic carbocycles. The first kappa shape index (κ1) is 22.3. The van der Waals surface area contributed by atoms with Crippen LogP contribution in [0.15, 0.2) is 24.3 Å². The fourth-order valence-corrected chi connectivity index (χ4v) is 3.60. The van der Waals surface area contributed by atoms with Gasteiger partial charge in [-0.2, -0.15) is 0 Å². The van der Waals surface area contributed by atoms with Gasteiger partial charge in [0.25, 0.3) is 0 Å². The monoisotopic (exact) mass is 392 g/mol. The number of hydrogen-bond acceptors (Lipinski definition) is 3. The molecule has 1 heterocycles. The van der Waals surface area contributed by atoms with Crippen LogP contribution >= 0.6 is 0 Å². The van der Waals surface area contributed by atoms with E-state index in [1.165, 1.54) is 12.1 Å². The minimum absolute atomic E-state index is 0.0289. The number of benzene rings is 1. The van der Waals surface area contributed by atoms with Gasteiger partial charge in [-0.15, -0.1) is 0 Å². The third-order valence-corrected chi connectivity index (χ3v) is 5.17. The van der Waals surface area contributed by atoms with E-state index in [2.05, 4.69) is 5.32 Å². The molecule has 1 unspecified atom stereocenters. The van der Waals surface area contributed by atoms with Crippen LogP contribution in [0.1, 0.15) is 52.0 Å². The fraction of sp³-hybridized carbons (Fsp3) is 0.636. The van der Waals surface area contributed by atoms with Gasteiger partial charge < -0.3 is 15.0 Å². The number of amides is 2. The summed E-state index contributed by atoms with van der Waals surface area (Å²) in [5.74, 6) is 0.00843. The summed E-state index contributed by atoms with van der Waals surface area (Å²) in [7, 11) is 0. The van der Waals surface area contributed by atoms with Gasteiger partial charge >= 0.3 is 0 Å². The molecular formula is C22H33FN2O3. The molecular weight excluding hydrogens is 359 g/mol. The number of hydrogen-bond donors (Lipinski definition) is 1. The molecule has 0 radical (unpaired) electrons. The van der Waals surface area contributed by atoms with Crippen LogP contribution in [-0.2, 0) is 14.3 Å². The third kappa shape index (κ3) is 6.59. The first-order chi connectivity index (χ1) is 13.3. The zero-order valence-electron chi connectivity index (χ0n) is 17.4. The van der Waals surface area contributed by atoms with E-state index in [1.54, 1.807) is 17.0 Å². The lowest BCUT2D eigenvalue weighted by Crippen LogP contribution is -2.52. The molecule has 2 rings (SSSR count). The zero-order valence-corrected chi connectivity index (χ0v) is 17.4. The van der Waals surface area contributed by atoms with Crippen LogP contribution in [0.25, 0.3) is 0 Å². The second kappa shape index (κ2) is 10.6. The van der Waals surface area contributed by atoms with Crippen molar-refractivity contribution in [1.82, 2.24) is 10.2 Å². The average Bonchev–Trinajstić information content (AvgIpc) is 2.66. The number of carbonyl (C=O) groups excluding carboxylic acids is 2. The molecule has 2 amide bonds. The molecule has 2 atom stereocenters. The van der Waals surface area contributed by atoms with Crippen LogP contribution in [0.4, 0.5) is 4.39 Å². The van der Waals surface area contributed by atoms with Crippen molar-refractivity contribution >= 4 is 11.8 Å². The number of nitrogens with one attached hydrogen (secondary N) is 1. The summed E-state index contributed by atoms with van der Waals surface area (Å²) in [6, 6.07) is 5.79. The van der Waals surface area contributed by atoms with Crippen LogP contribution < -0.4 is 5.32 Å². The molecule has 5 nitrogen and oxygen atoms in total. The molecule has 1 aromatic carbocycles. The average molecular weight is 393 g/mol. The molecule has 0 aromatic heterocycles. The van der Waals surface area contributed by atoms with Crippen molar-refractivity contribution in [3.63, 3.8) is 0 Å². The first-order valence-electron chi connectivity index (χ1n) is 10.2. The summed E-state index contributed by atoms with van der Waals surface area (Å²) in [5.41, 5.74) is 0.937. The summed E-state index contributed by atoms with van der Waals surface area (Å²) >= 11 is 0. The topological polar surface area (TPSA) is 58.6 Å². The molecule has 1 aromatic rings. The zero-order chi connectivity index (χ0) is 20.7. The van der Waals surface area contributed by atoms with Gasteiger partial charge in [0, 0.05) is 19.5 Å². The first-order valence-corrected chi connectivity index (χ1v) is 10.2. The van der Waals surface area contributed by atoms with Gasteiger partial charge in [-0.25, -0.2) is 4.39 Å². The van der Waals surface area contributed by atoms with E-state index >= 15 is 0 Å². The molecule has 1 N–H and O–H groups in total. The predicted octanol–water partition coefficient (Wildman–Crippen LogP) is 3.35. The maximum Gasteiger partial charge on any atom is 0.245 e. The van der Waals surface area contributed by atoms with E-state index in [0.29, 0.717) is 32.7 Å². The quantitative estimate of drug-likeness (QED) is 0.738. The molecule has 1 aliphatic rings. The minimum atomic E-state index is -0.522. The third-order valence-electron chi connectivity index (χ3n) is 5.17.